The zero-order valence-electron chi connectivity index (χ0n) is 18.4. The second-order valence-corrected chi connectivity index (χ2v) is 10.4. The predicted molar refractivity (Wildman–Crippen MR) is 125 cm³/mol. The minimum atomic E-state index is -3.93. The fraction of sp³-hybridized carbons (Fsp3) is 0.455. The van der Waals surface area contributed by atoms with Crippen LogP contribution in [0.5, 0.6) is 0 Å². The van der Waals surface area contributed by atoms with E-state index < -0.39 is 28.0 Å². The van der Waals surface area contributed by atoms with Crippen molar-refractivity contribution in [3.8, 4) is 0 Å². The summed E-state index contributed by atoms with van der Waals surface area (Å²) in [7, 11) is -3.93. The molecule has 1 saturated heterocycles. The number of benzene rings is 2. The van der Waals surface area contributed by atoms with Crippen molar-refractivity contribution in [2.45, 2.75) is 50.2 Å². The maximum absolute atomic E-state index is 12.9. The summed E-state index contributed by atoms with van der Waals surface area (Å²) in [4.78, 5) is 29.0. The number of hydrogen-bond acceptors (Lipinski definition) is 5. The minimum Gasteiger partial charge on any atom is -0.337 e. The SMILES string of the molecule is CC(C)N(CCN)C(=O)C(C)N1CCC(NS(=O)(=O)c2ccc3cc(Cl)ccc3c2)C1=O. The number of rotatable bonds is 8. The molecule has 0 aliphatic carbocycles. The number of carbonyl (C=O) groups is 2. The van der Waals surface area contributed by atoms with Crippen LogP contribution in [0.3, 0.4) is 0 Å². The Labute approximate surface area is 193 Å². The molecular formula is C22H29ClN4O4S. The quantitative estimate of drug-likeness (QED) is 0.599. The number of carbonyl (C=O) groups excluding carboxylic acids is 2. The molecule has 10 heteroatoms. The fourth-order valence-electron chi connectivity index (χ4n) is 3.95. The summed E-state index contributed by atoms with van der Waals surface area (Å²) in [6, 6.07) is 8.23. The van der Waals surface area contributed by atoms with Crippen LogP contribution in [-0.2, 0) is 19.6 Å². The van der Waals surface area contributed by atoms with Gasteiger partial charge >= 0.3 is 0 Å². The number of likely N-dealkylation sites (tertiary alicyclic amines) is 1. The Hall–Kier alpha value is -2.20. The molecule has 0 saturated carbocycles. The average Bonchev–Trinajstić information content (AvgIpc) is 3.09. The van der Waals surface area contributed by atoms with Gasteiger partial charge in [0, 0.05) is 30.7 Å². The van der Waals surface area contributed by atoms with Crippen molar-refractivity contribution in [3.63, 3.8) is 0 Å². The maximum Gasteiger partial charge on any atom is 0.245 e. The van der Waals surface area contributed by atoms with E-state index in [-0.39, 0.29) is 23.3 Å². The summed E-state index contributed by atoms with van der Waals surface area (Å²) in [5, 5.41) is 2.11. The predicted octanol–water partition coefficient (Wildman–Crippen LogP) is 1.96. The Morgan fingerprint density at radius 3 is 2.53 bits per heavy atom. The van der Waals surface area contributed by atoms with E-state index in [9.17, 15) is 18.0 Å². The highest BCUT2D eigenvalue weighted by atomic mass is 35.5. The normalized spacial score (nSPS) is 17.9. The van der Waals surface area contributed by atoms with Crippen LogP contribution in [0.2, 0.25) is 5.02 Å². The minimum absolute atomic E-state index is 0.0525. The molecule has 32 heavy (non-hydrogen) atoms. The van der Waals surface area contributed by atoms with Gasteiger partial charge < -0.3 is 15.5 Å². The molecule has 3 N–H and O–H groups in total. The summed E-state index contributed by atoms with van der Waals surface area (Å²) in [6.45, 7) is 6.46. The third-order valence-corrected chi connectivity index (χ3v) is 7.43. The van der Waals surface area contributed by atoms with Gasteiger partial charge in [0.05, 0.1) is 4.90 Å². The molecule has 8 nitrogen and oxygen atoms in total. The second kappa shape index (κ2) is 9.74. The van der Waals surface area contributed by atoms with Gasteiger partial charge in [0.1, 0.15) is 12.1 Å². The highest BCUT2D eigenvalue weighted by Crippen LogP contribution is 2.24. The lowest BCUT2D eigenvalue weighted by atomic mass is 10.1. The summed E-state index contributed by atoms with van der Waals surface area (Å²) < 4.78 is 28.4. The van der Waals surface area contributed by atoms with E-state index in [0.717, 1.165) is 10.8 Å². The third-order valence-electron chi connectivity index (χ3n) is 5.72. The largest absolute Gasteiger partial charge is 0.337 e. The van der Waals surface area contributed by atoms with Crippen LogP contribution >= 0.6 is 11.6 Å². The molecule has 1 heterocycles. The molecule has 2 atom stereocenters. The Bertz CT molecular complexity index is 1120. The summed E-state index contributed by atoms with van der Waals surface area (Å²) >= 11 is 5.99. The van der Waals surface area contributed by atoms with Gasteiger partial charge in [-0.1, -0.05) is 23.7 Å². The maximum atomic E-state index is 12.9. The molecule has 1 fully saturated rings. The van der Waals surface area contributed by atoms with Crippen LogP contribution in [0.1, 0.15) is 27.2 Å². The van der Waals surface area contributed by atoms with Crippen molar-refractivity contribution >= 4 is 44.2 Å². The van der Waals surface area contributed by atoms with Crippen LogP contribution in [0.25, 0.3) is 10.8 Å². The van der Waals surface area contributed by atoms with Crippen molar-refractivity contribution < 1.29 is 18.0 Å². The first kappa shape index (κ1) is 24.4. The Morgan fingerprint density at radius 2 is 1.88 bits per heavy atom. The second-order valence-electron chi connectivity index (χ2n) is 8.24. The zero-order chi connectivity index (χ0) is 23.6. The first-order valence-electron chi connectivity index (χ1n) is 10.6. The smallest absolute Gasteiger partial charge is 0.245 e. The molecule has 3 rings (SSSR count). The molecule has 2 amide bonds. The molecule has 0 radical (unpaired) electrons. The number of fused-ring (bicyclic) bond motifs is 1. The summed E-state index contributed by atoms with van der Waals surface area (Å²) in [5.41, 5.74) is 5.62. The highest BCUT2D eigenvalue weighted by Gasteiger charge is 2.40. The summed E-state index contributed by atoms with van der Waals surface area (Å²) in [6.07, 6.45) is 0.289. The molecule has 2 aromatic rings. The van der Waals surface area contributed by atoms with Crippen molar-refractivity contribution in [1.82, 2.24) is 14.5 Å². The van der Waals surface area contributed by atoms with Gasteiger partial charge in [-0.2, -0.15) is 4.72 Å². The van der Waals surface area contributed by atoms with E-state index >= 15 is 0 Å². The number of amides is 2. The molecule has 2 aromatic carbocycles. The topological polar surface area (TPSA) is 113 Å². The van der Waals surface area contributed by atoms with Crippen molar-refractivity contribution in [2.75, 3.05) is 19.6 Å². The lowest BCUT2D eigenvalue weighted by molar-refractivity contribution is -0.144. The van der Waals surface area contributed by atoms with Gasteiger partial charge in [0.2, 0.25) is 21.8 Å². The monoisotopic (exact) mass is 480 g/mol. The lowest BCUT2D eigenvalue weighted by Crippen LogP contribution is -2.52. The first-order chi connectivity index (χ1) is 15.0. The molecule has 1 aliphatic rings. The molecule has 0 spiro atoms. The van der Waals surface area contributed by atoms with Gasteiger partial charge in [-0.3, -0.25) is 9.59 Å². The van der Waals surface area contributed by atoms with Crippen molar-refractivity contribution in [2.24, 2.45) is 5.73 Å². The Balaban J connectivity index is 1.74. The first-order valence-corrected chi connectivity index (χ1v) is 12.4. The third kappa shape index (κ3) is 5.06. The molecule has 0 bridgehead atoms. The van der Waals surface area contributed by atoms with E-state index in [1.807, 2.05) is 13.8 Å². The zero-order valence-corrected chi connectivity index (χ0v) is 20.0. The number of sulfonamides is 1. The number of halogens is 1. The van der Waals surface area contributed by atoms with E-state index in [2.05, 4.69) is 4.72 Å². The standard InChI is InChI=1S/C22H29ClN4O4S/c1-14(2)26(11-9-24)21(28)15(3)27-10-8-20(22(27)29)25-32(30,31)19-7-5-16-12-18(23)6-4-17(16)13-19/h4-7,12-15,20,25H,8-11,24H2,1-3H3. The van der Waals surface area contributed by atoms with Crippen LogP contribution in [0.15, 0.2) is 41.3 Å². The van der Waals surface area contributed by atoms with Gasteiger partial charge in [-0.25, -0.2) is 8.42 Å². The Kier molecular flexibility index (Phi) is 7.44. The molecule has 174 valence electrons. The van der Waals surface area contributed by atoms with E-state index in [1.54, 1.807) is 42.2 Å². The van der Waals surface area contributed by atoms with Crippen LogP contribution < -0.4 is 10.5 Å². The molecule has 2 unspecified atom stereocenters. The van der Waals surface area contributed by atoms with Gasteiger partial charge in [0.15, 0.2) is 0 Å². The Morgan fingerprint density at radius 1 is 1.22 bits per heavy atom. The lowest BCUT2D eigenvalue weighted by Gasteiger charge is -2.32. The van der Waals surface area contributed by atoms with Gasteiger partial charge in [-0.15, -0.1) is 0 Å². The van der Waals surface area contributed by atoms with Crippen LogP contribution in [0.4, 0.5) is 0 Å². The van der Waals surface area contributed by atoms with E-state index in [1.165, 1.54) is 11.0 Å². The fourth-order valence-corrected chi connectivity index (χ4v) is 5.39. The number of nitrogens with zero attached hydrogens (tertiary/aromatic N) is 2. The summed E-state index contributed by atoms with van der Waals surface area (Å²) in [5.74, 6) is -0.603. The van der Waals surface area contributed by atoms with Crippen LogP contribution in [-0.4, -0.2) is 67.8 Å². The molecule has 0 aromatic heterocycles. The van der Waals surface area contributed by atoms with Crippen molar-refractivity contribution in [3.05, 3.63) is 41.4 Å². The van der Waals surface area contributed by atoms with Crippen LogP contribution in [0, 0.1) is 0 Å². The number of hydrogen-bond donors (Lipinski definition) is 2. The molecular weight excluding hydrogens is 452 g/mol. The van der Waals surface area contributed by atoms with Crippen molar-refractivity contribution in [1.29, 1.82) is 0 Å². The average molecular weight is 481 g/mol. The number of nitrogens with one attached hydrogen (secondary N) is 1. The van der Waals surface area contributed by atoms with Gasteiger partial charge in [0.25, 0.3) is 0 Å². The van der Waals surface area contributed by atoms with E-state index in [0.29, 0.717) is 24.7 Å². The number of nitrogens with two attached hydrogens (primary N) is 1. The van der Waals surface area contributed by atoms with E-state index in [4.69, 9.17) is 17.3 Å². The van der Waals surface area contributed by atoms with Gasteiger partial charge in [-0.05, 0) is 62.2 Å². The highest BCUT2D eigenvalue weighted by molar-refractivity contribution is 7.89. The molecule has 1 aliphatic heterocycles.